The fraction of sp³-hybridized carbons (Fsp3) is 0.219. The van der Waals surface area contributed by atoms with Gasteiger partial charge >= 0.3 is 0 Å². The van der Waals surface area contributed by atoms with Crippen LogP contribution in [0.2, 0.25) is 19.6 Å². The SMILES string of the molecule is Cc1cccc2c(C)c3c(c(C)c12)n1c2ccccc2c2c([Si](C)(C)C)cc4cc[n+](C)c3c4c21. The summed E-state index contributed by atoms with van der Waals surface area (Å²) in [5, 5.41) is 11.3. The van der Waals surface area contributed by atoms with Gasteiger partial charge in [-0.15, -0.1) is 0 Å². The topological polar surface area (TPSA) is 8.29 Å². The first-order chi connectivity index (χ1) is 16.7. The van der Waals surface area contributed by atoms with Crippen molar-refractivity contribution in [1.82, 2.24) is 4.40 Å². The van der Waals surface area contributed by atoms with E-state index in [2.05, 4.69) is 117 Å². The Bertz CT molecular complexity index is 2020. The van der Waals surface area contributed by atoms with Crippen molar-refractivity contribution in [3.63, 3.8) is 0 Å². The fourth-order valence-corrected chi connectivity index (χ4v) is 8.39. The van der Waals surface area contributed by atoms with Gasteiger partial charge in [-0.1, -0.05) is 62.1 Å². The third-order valence-electron chi connectivity index (χ3n) is 8.32. The van der Waals surface area contributed by atoms with Crippen LogP contribution in [0.3, 0.4) is 0 Å². The van der Waals surface area contributed by atoms with Crippen LogP contribution in [0.15, 0.2) is 60.8 Å². The third-order valence-corrected chi connectivity index (χ3v) is 10.3. The average Bonchev–Trinajstić information content (AvgIpc) is 3.16. The highest BCUT2D eigenvalue weighted by atomic mass is 28.3. The molecular formula is C32H31N2Si+. The lowest BCUT2D eigenvalue weighted by Gasteiger charge is -2.22. The van der Waals surface area contributed by atoms with Gasteiger partial charge in [-0.25, -0.2) is 4.57 Å². The molecule has 7 aromatic rings. The minimum atomic E-state index is -1.61. The highest BCUT2D eigenvalue weighted by molar-refractivity contribution is 6.91. The zero-order valence-corrected chi connectivity index (χ0v) is 22.7. The summed E-state index contributed by atoms with van der Waals surface area (Å²) in [7, 11) is 0.598. The Morgan fingerprint density at radius 1 is 0.714 bits per heavy atom. The Morgan fingerprint density at radius 3 is 2.23 bits per heavy atom. The summed E-state index contributed by atoms with van der Waals surface area (Å²) < 4.78 is 4.97. The minimum Gasteiger partial charge on any atom is -0.307 e. The van der Waals surface area contributed by atoms with Crippen molar-refractivity contribution in [2.45, 2.75) is 40.4 Å². The molecule has 172 valence electrons. The van der Waals surface area contributed by atoms with Crippen LogP contribution in [0.4, 0.5) is 0 Å². The van der Waals surface area contributed by atoms with Gasteiger partial charge < -0.3 is 4.40 Å². The molecule has 0 atom stereocenters. The number of nitrogens with zero attached hydrogens (tertiary/aromatic N) is 2. The quantitative estimate of drug-likeness (QED) is 0.102. The first-order valence-electron chi connectivity index (χ1n) is 12.6. The van der Waals surface area contributed by atoms with Crippen molar-refractivity contribution in [3.05, 3.63) is 77.5 Å². The number of para-hydroxylation sites is 1. The number of hydrogen-bond acceptors (Lipinski definition) is 0. The number of benzene rings is 4. The van der Waals surface area contributed by atoms with E-state index >= 15 is 0 Å². The van der Waals surface area contributed by atoms with Gasteiger partial charge in [0, 0.05) is 16.8 Å². The van der Waals surface area contributed by atoms with Crippen LogP contribution < -0.4 is 9.75 Å². The van der Waals surface area contributed by atoms with E-state index in [0.717, 1.165) is 0 Å². The lowest BCUT2D eigenvalue weighted by molar-refractivity contribution is -0.643. The van der Waals surface area contributed by atoms with Crippen LogP contribution in [0, 0.1) is 20.8 Å². The smallest absolute Gasteiger partial charge is 0.224 e. The summed E-state index contributed by atoms with van der Waals surface area (Å²) >= 11 is 0. The van der Waals surface area contributed by atoms with Gasteiger partial charge in [0.15, 0.2) is 6.20 Å². The Labute approximate surface area is 206 Å². The summed E-state index contributed by atoms with van der Waals surface area (Å²) in [6.07, 6.45) is 2.26. The zero-order valence-electron chi connectivity index (χ0n) is 21.7. The van der Waals surface area contributed by atoms with Gasteiger partial charge in [-0.2, -0.15) is 0 Å². The molecule has 2 nitrogen and oxygen atoms in total. The van der Waals surface area contributed by atoms with E-state index in [1.165, 1.54) is 76.5 Å². The molecule has 3 heteroatoms. The second-order valence-electron chi connectivity index (χ2n) is 11.5. The molecule has 0 N–H and O–H groups in total. The van der Waals surface area contributed by atoms with Crippen LogP contribution >= 0.6 is 0 Å². The third kappa shape index (κ3) is 2.47. The molecule has 0 bridgehead atoms. The molecule has 0 aliphatic carbocycles. The maximum atomic E-state index is 2.62. The number of pyridine rings is 2. The summed E-state index contributed by atoms with van der Waals surface area (Å²) in [4.78, 5) is 0. The van der Waals surface area contributed by atoms with Gasteiger partial charge in [0.1, 0.15) is 7.05 Å². The van der Waals surface area contributed by atoms with E-state index < -0.39 is 8.07 Å². The molecule has 0 aliphatic heterocycles. The molecule has 3 heterocycles. The maximum absolute atomic E-state index is 2.62. The molecule has 0 saturated carbocycles. The van der Waals surface area contributed by atoms with Crippen molar-refractivity contribution in [2.75, 3.05) is 0 Å². The fourth-order valence-electron chi connectivity index (χ4n) is 6.80. The first kappa shape index (κ1) is 20.9. The van der Waals surface area contributed by atoms with Gasteiger partial charge in [-0.3, -0.25) is 0 Å². The van der Waals surface area contributed by atoms with Crippen molar-refractivity contribution in [2.24, 2.45) is 7.05 Å². The van der Waals surface area contributed by atoms with Crippen LogP contribution in [-0.4, -0.2) is 12.5 Å². The molecule has 0 unspecified atom stereocenters. The van der Waals surface area contributed by atoms with Gasteiger partial charge in [0.05, 0.1) is 35.4 Å². The number of rotatable bonds is 1. The van der Waals surface area contributed by atoms with Crippen LogP contribution in [-0.2, 0) is 7.05 Å². The normalized spacial score (nSPS) is 13.0. The molecule has 0 saturated heterocycles. The summed E-state index contributed by atoms with van der Waals surface area (Å²) in [5.41, 5.74) is 9.53. The molecule has 7 rings (SSSR count). The predicted octanol–water partition coefficient (Wildman–Crippen LogP) is 7.44. The van der Waals surface area contributed by atoms with Crippen molar-refractivity contribution in [3.8, 4) is 0 Å². The van der Waals surface area contributed by atoms with Gasteiger partial charge in [0.25, 0.3) is 0 Å². The zero-order chi connectivity index (χ0) is 24.4. The molecule has 4 aromatic carbocycles. The number of hydrogen-bond donors (Lipinski definition) is 0. The Kier molecular flexibility index (Phi) is 3.95. The van der Waals surface area contributed by atoms with Gasteiger partial charge in [0.2, 0.25) is 5.52 Å². The summed E-state index contributed by atoms with van der Waals surface area (Å²) in [6, 6.07) is 20.7. The second kappa shape index (κ2) is 6.61. The predicted molar refractivity (Wildman–Crippen MR) is 154 cm³/mol. The maximum Gasteiger partial charge on any atom is 0.224 e. The van der Waals surface area contributed by atoms with E-state index in [-0.39, 0.29) is 0 Å². The molecule has 0 spiro atoms. The monoisotopic (exact) mass is 471 g/mol. The molecular weight excluding hydrogens is 440 g/mol. The minimum absolute atomic E-state index is 1.32. The van der Waals surface area contributed by atoms with Crippen molar-refractivity contribution >= 4 is 73.0 Å². The molecule has 35 heavy (non-hydrogen) atoms. The van der Waals surface area contributed by atoms with Crippen LogP contribution in [0.5, 0.6) is 0 Å². The average molecular weight is 472 g/mol. The molecule has 0 radical (unpaired) electrons. The molecule has 0 amide bonds. The van der Waals surface area contributed by atoms with Crippen molar-refractivity contribution in [1.29, 1.82) is 0 Å². The summed E-state index contributed by atoms with van der Waals surface area (Å²) in [6.45, 7) is 14.4. The molecule has 3 aromatic heterocycles. The van der Waals surface area contributed by atoms with Gasteiger partial charge in [-0.05, 0) is 64.9 Å². The Hall–Kier alpha value is -3.43. The van der Waals surface area contributed by atoms with E-state index in [1.54, 1.807) is 5.19 Å². The number of aryl methyl sites for hydroxylation is 4. The largest absolute Gasteiger partial charge is 0.307 e. The second-order valence-corrected chi connectivity index (χ2v) is 16.5. The highest BCUT2D eigenvalue weighted by Gasteiger charge is 2.30. The number of fused-ring (bicyclic) bond motifs is 7. The lowest BCUT2D eigenvalue weighted by Crippen LogP contribution is -2.38. The van der Waals surface area contributed by atoms with E-state index in [0.29, 0.717) is 0 Å². The Balaban J connectivity index is 1.99. The molecule has 0 aliphatic rings. The van der Waals surface area contributed by atoms with Crippen LogP contribution in [0.1, 0.15) is 16.7 Å². The lowest BCUT2D eigenvalue weighted by atomic mass is 9.91. The molecule has 0 fully saturated rings. The van der Waals surface area contributed by atoms with E-state index in [9.17, 15) is 0 Å². The first-order valence-corrected chi connectivity index (χ1v) is 16.1. The van der Waals surface area contributed by atoms with Crippen LogP contribution in [0.25, 0.3) is 59.8 Å². The standard InChI is InChI=1S/C32H31N2Si/c1-18-11-10-13-22-19(2)27-30(20(3)26(18)22)34-24-14-9-8-12-23(24)29-25(35(5,6)7)17-21-15-16-33(4)31(27)28(21)32(29)34/h8-17H,1-7H3/q+1. The highest BCUT2D eigenvalue weighted by Crippen LogP contribution is 2.44. The van der Waals surface area contributed by atoms with E-state index in [1.807, 2.05) is 0 Å². The summed E-state index contributed by atoms with van der Waals surface area (Å²) in [5.74, 6) is 0. The number of aromatic nitrogens is 2. The van der Waals surface area contributed by atoms with E-state index in [4.69, 9.17) is 0 Å². The Morgan fingerprint density at radius 2 is 1.46 bits per heavy atom. The van der Waals surface area contributed by atoms with Crippen molar-refractivity contribution < 1.29 is 4.57 Å².